The van der Waals surface area contributed by atoms with Gasteiger partial charge in [-0.25, -0.2) is 0 Å². The predicted molar refractivity (Wildman–Crippen MR) is 96.8 cm³/mol. The Kier molecular flexibility index (Phi) is 4.96. The van der Waals surface area contributed by atoms with Crippen molar-refractivity contribution in [3.63, 3.8) is 0 Å². The van der Waals surface area contributed by atoms with Gasteiger partial charge in [-0.3, -0.25) is 9.69 Å². The second-order valence-corrected chi connectivity index (χ2v) is 5.99. The van der Waals surface area contributed by atoms with Gasteiger partial charge in [0, 0.05) is 28.7 Å². The number of Topliss-reactive ketones (excluding diaryl/α,β-unsaturated/α-hetero) is 1. The fourth-order valence-electron chi connectivity index (χ4n) is 2.88. The summed E-state index contributed by atoms with van der Waals surface area (Å²) in [4.78, 5) is 18.0. The Morgan fingerprint density at radius 2 is 1.79 bits per heavy atom. The number of hydrogen-bond donors (Lipinski definition) is 1. The number of carbonyl (C=O) groups excluding carboxylic acids is 1. The van der Waals surface area contributed by atoms with E-state index in [2.05, 4.69) is 4.98 Å². The first kappa shape index (κ1) is 16.3. The van der Waals surface area contributed by atoms with Gasteiger partial charge in [0.25, 0.3) is 0 Å². The van der Waals surface area contributed by atoms with Crippen LogP contribution in [0.1, 0.15) is 16.1 Å². The molecule has 0 saturated heterocycles. The van der Waals surface area contributed by atoms with Crippen LogP contribution < -0.4 is 4.74 Å². The van der Waals surface area contributed by atoms with E-state index in [1.165, 1.54) is 0 Å². The molecule has 2 aromatic carbocycles. The third-order valence-electron chi connectivity index (χ3n) is 4.07. The molecule has 0 aliphatic rings. The highest BCUT2D eigenvalue weighted by atomic mass is 16.5. The molecule has 0 aliphatic carbocycles. The Bertz CT molecular complexity index is 824. The number of ketones is 1. The number of rotatable bonds is 7. The Balaban J connectivity index is 1.58. The molecule has 0 atom stereocenters. The molecule has 0 bridgehead atoms. The summed E-state index contributed by atoms with van der Waals surface area (Å²) in [5.74, 6) is 0.983. The minimum absolute atomic E-state index is 0.132. The van der Waals surface area contributed by atoms with Gasteiger partial charge in [-0.15, -0.1) is 0 Å². The number of para-hydroxylation sites is 2. The molecule has 1 aromatic heterocycles. The molecule has 4 heteroatoms. The van der Waals surface area contributed by atoms with E-state index < -0.39 is 0 Å². The molecule has 1 heterocycles. The van der Waals surface area contributed by atoms with E-state index in [9.17, 15) is 4.79 Å². The molecule has 0 saturated carbocycles. The maximum atomic E-state index is 12.7. The van der Waals surface area contributed by atoms with Crippen LogP contribution in [-0.4, -0.2) is 42.4 Å². The number of aromatic nitrogens is 1. The van der Waals surface area contributed by atoms with Gasteiger partial charge in [0.15, 0.2) is 5.78 Å². The molecule has 0 spiro atoms. The van der Waals surface area contributed by atoms with Crippen molar-refractivity contribution in [1.82, 2.24) is 9.88 Å². The number of aryl methyl sites for hydroxylation is 1. The van der Waals surface area contributed by atoms with E-state index in [-0.39, 0.29) is 5.78 Å². The number of likely N-dealkylation sites (N-methyl/N-ethyl adjacent to an activating group) is 1. The molecule has 24 heavy (non-hydrogen) atoms. The molecule has 3 rings (SSSR count). The second-order valence-electron chi connectivity index (χ2n) is 5.99. The quantitative estimate of drug-likeness (QED) is 0.675. The summed E-state index contributed by atoms with van der Waals surface area (Å²) in [6, 6.07) is 17.6. The van der Waals surface area contributed by atoms with Crippen LogP contribution in [0.3, 0.4) is 0 Å². The number of hydrogen-bond acceptors (Lipinski definition) is 3. The lowest BCUT2D eigenvalue weighted by Gasteiger charge is -2.16. The van der Waals surface area contributed by atoms with Gasteiger partial charge in [-0.1, -0.05) is 36.4 Å². The van der Waals surface area contributed by atoms with Crippen LogP contribution in [0.5, 0.6) is 5.75 Å². The summed E-state index contributed by atoms with van der Waals surface area (Å²) in [7, 11) is 1.94. The summed E-state index contributed by atoms with van der Waals surface area (Å²) in [6.45, 7) is 3.58. The number of carbonyl (C=O) groups is 1. The highest BCUT2D eigenvalue weighted by Gasteiger charge is 2.17. The zero-order valence-corrected chi connectivity index (χ0v) is 14.1. The zero-order chi connectivity index (χ0) is 16.9. The van der Waals surface area contributed by atoms with Crippen LogP contribution >= 0.6 is 0 Å². The molecule has 1 N–H and O–H groups in total. The first-order valence-corrected chi connectivity index (χ1v) is 8.12. The zero-order valence-electron chi connectivity index (χ0n) is 14.1. The van der Waals surface area contributed by atoms with Crippen LogP contribution in [0.25, 0.3) is 10.9 Å². The summed E-state index contributed by atoms with van der Waals surface area (Å²) in [5, 5.41) is 0.994. The Morgan fingerprint density at radius 1 is 1.08 bits per heavy atom. The molecule has 0 radical (unpaired) electrons. The smallest absolute Gasteiger partial charge is 0.179 e. The SMILES string of the molecule is Cc1[nH]c2ccccc2c1C(=O)CN(C)CCOc1ccccc1. The fraction of sp³-hybridized carbons (Fsp3) is 0.250. The van der Waals surface area contributed by atoms with Gasteiger partial charge in [-0.2, -0.15) is 0 Å². The minimum Gasteiger partial charge on any atom is -0.492 e. The van der Waals surface area contributed by atoms with Gasteiger partial charge < -0.3 is 9.72 Å². The molecule has 0 fully saturated rings. The highest BCUT2D eigenvalue weighted by molar-refractivity contribution is 6.10. The van der Waals surface area contributed by atoms with E-state index in [0.717, 1.165) is 27.9 Å². The minimum atomic E-state index is 0.132. The van der Waals surface area contributed by atoms with E-state index >= 15 is 0 Å². The van der Waals surface area contributed by atoms with E-state index in [0.29, 0.717) is 19.7 Å². The Hall–Kier alpha value is -2.59. The van der Waals surface area contributed by atoms with E-state index in [1.54, 1.807) is 0 Å². The van der Waals surface area contributed by atoms with Gasteiger partial charge in [0.05, 0.1) is 6.54 Å². The largest absolute Gasteiger partial charge is 0.492 e. The van der Waals surface area contributed by atoms with Crippen LogP contribution in [0.4, 0.5) is 0 Å². The predicted octanol–water partition coefficient (Wildman–Crippen LogP) is 3.67. The third kappa shape index (κ3) is 3.66. The molecular formula is C20H22N2O2. The summed E-state index contributed by atoms with van der Waals surface area (Å²) < 4.78 is 5.68. The molecule has 3 aromatic rings. The van der Waals surface area contributed by atoms with Gasteiger partial charge in [-0.05, 0) is 32.2 Å². The summed E-state index contributed by atoms with van der Waals surface area (Å²) >= 11 is 0. The number of benzene rings is 2. The van der Waals surface area contributed by atoms with Gasteiger partial charge in [0.1, 0.15) is 12.4 Å². The van der Waals surface area contributed by atoms with Gasteiger partial charge >= 0.3 is 0 Å². The first-order chi connectivity index (χ1) is 11.6. The Labute approximate surface area is 142 Å². The van der Waals surface area contributed by atoms with Crippen molar-refractivity contribution in [1.29, 1.82) is 0 Å². The summed E-state index contributed by atoms with van der Waals surface area (Å²) in [6.07, 6.45) is 0. The Morgan fingerprint density at radius 3 is 2.58 bits per heavy atom. The van der Waals surface area contributed by atoms with E-state index in [4.69, 9.17) is 4.74 Å². The highest BCUT2D eigenvalue weighted by Crippen LogP contribution is 2.22. The van der Waals surface area contributed by atoms with Crippen molar-refractivity contribution in [3.05, 3.63) is 65.9 Å². The molecule has 0 aliphatic heterocycles. The van der Waals surface area contributed by atoms with Crippen molar-refractivity contribution >= 4 is 16.7 Å². The van der Waals surface area contributed by atoms with Crippen LogP contribution in [0, 0.1) is 6.92 Å². The topological polar surface area (TPSA) is 45.3 Å². The molecule has 0 amide bonds. The van der Waals surface area contributed by atoms with Crippen LogP contribution in [-0.2, 0) is 0 Å². The average Bonchev–Trinajstić information content (AvgIpc) is 2.91. The number of ether oxygens (including phenoxy) is 1. The van der Waals surface area contributed by atoms with Crippen molar-refractivity contribution in [3.8, 4) is 5.75 Å². The lowest BCUT2D eigenvalue weighted by Crippen LogP contribution is -2.30. The number of nitrogens with one attached hydrogen (secondary N) is 1. The molecular weight excluding hydrogens is 300 g/mol. The standard InChI is InChI=1S/C20H22N2O2/c1-15-20(17-10-6-7-11-18(17)21-15)19(23)14-22(2)12-13-24-16-8-4-3-5-9-16/h3-11,21H,12-14H2,1-2H3. The lowest BCUT2D eigenvalue weighted by atomic mass is 10.1. The van der Waals surface area contributed by atoms with Crippen molar-refractivity contribution in [2.24, 2.45) is 0 Å². The third-order valence-corrected chi connectivity index (χ3v) is 4.07. The lowest BCUT2D eigenvalue weighted by molar-refractivity contribution is 0.0939. The second kappa shape index (κ2) is 7.32. The number of aromatic amines is 1. The van der Waals surface area contributed by atoms with Gasteiger partial charge in [0.2, 0.25) is 0 Å². The number of nitrogens with zero attached hydrogens (tertiary/aromatic N) is 1. The fourth-order valence-corrected chi connectivity index (χ4v) is 2.88. The average molecular weight is 322 g/mol. The molecule has 4 nitrogen and oxygen atoms in total. The van der Waals surface area contributed by atoms with Crippen molar-refractivity contribution in [2.75, 3.05) is 26.7 Å². The monoisotopic (exact) mass is 322 g/mol. The molecule has 0 unspecified atom stereocenters. The van der Waals surface area contributed by atoms with Crippen molar-refractivity contribution < 1.29 is 9.53 Å². The maximum absolute atomic E-state index is 12.7. The van der Waals surface area contributed by atoms with Crippen LogP contribution in [0.2, 0.25) is 0 Å². The normalized spacial score (nSPS) is 11.1. The van der Waals surface area contributed by atoms with E-state index in [1.807, 2.05) is 73.5 Å². The number of H-pyrrole nitrogens is 1. The molecule has 124 valence electrons. The van der Waals surface area contributed by atoms with Crippen LogP contribution in [0.15, 0.2) is 54.6 Å². The summed E-state index contributed by atoms with van der Waals surface area (Å²) in [5.41, 5.74) is 2.73. The first-order valence-electron chi connectivity index (χ1n) is 8.12. The maximum Gasteiger partial charge on any atom is 0.179 e. The number of fused-ring (bicyclic) bond motifs is 1. The van der Waals surface area contributed by atoms with Crippen molar-refractivity contribution in [2.45, 2.75) is 6.92 Å².